The van der Waals surface area contributed by atoms with Crippen molar-refractivity contribution in [1.82, 2.24) is 9.55 Å². The maximum Gasteiger partial charge on any atom is 0.138 e. The highest BCUT2D eigenvalue weighted by molar-refractivity contribution is 5.79. The number of rotatable bonds is 3. The van der Waals surface area contributed by atoms with Crippen LogP contribution < -0.4 is 5.73 Å². The van der Waals surface area contributed by atoms with E-state index in [1.807, 2.05) is 18.2 Å². The lowest BCUT2D eigenvalue weighted by molar-refractivity contribution is 0.0940. The molecule has 2 heterocycles. The van der Waals surface area contributed by atoms with Crippen LogP contribution in [0.5, 0.6) is 0 Å². The first-order valence-electron chi connectivity index (χ1n) is 6.70. The van der Waals surface area contributed by atoms with Gasteiger partial charge in [0.05, 0.1) is 23.7 Å². The van der Waals surface area contributed by atoms with Crippen LogP contribution in [-0.2, 0) is 11.3 Å². The van der Waals surface area contributed by atoms with Crippen LogP contribution in [0, 0.1) is 0 Å². The average Bonchev–Trinajstić information content (AvgIpc) is 2.97. The fraction of sp³-hybridized carbons (Fsp3) is 0.500. The summed E-state index contributed by atoms with van der Waals surface area (Å²) in [6.07, 6.45) is 1.78. The molecule has 0 bridgehead atoms. The predicted molar refractivity (Wildman–Crippen MR) is 73.8 cm³/mol. The molecule has 1 aromatic heterocycles. The van der Waals surface area contributed by atoms with Gasteiger partial charge in [-0.1, -0.05) is 0 Å². The second-order valence-corrected chi connectivity index (χ2v) is 5.14. The van der Waals surface area contributed by atoms with Crippen molar-refractivity contribution in [3.8, 4) is 0 Å². The number of nitrogens with zero attached hydrogens (tertiary/aromatic N) is 2. The zero-order valence-electron chi connectivity index (χ0n) is 11.0. The second kappa shape index (κ2) is 4.83. The number of anilines is 1. The van der Waals surface area contributed by atoms with Crippen LogP contribution in [-0.4, -0.2) is 27.4 Å². The average molecular weight is 261 g/mol. The second-order valence-electron chi connectivity index (χ2n) is 5.14. The number of aromatic nitrogens is 2. The van der Waals surface area contributed by atoms with Crippen molar-refractivity contribution in [2.75, 3.05) is 12.3 Å². The van der Waals surface area contributed by atoms with Crippen molar-refractivity contribution in [2.24, 2.45) is 0 Å². The van der Waals surface area contributed by atoms with E-state index in [0.717, 1.165) is 37.0 Å². The molecule has 102 valence electrons. The summed E-state index contributed by atoms with van der Waals surface area (Å²) in [4.78, 5) is 4.49. The normalized spacial score (nSPS) is 21.1. The van der Waals surface area contributed by atoms with Crippen LogP contribution in [0.25, 0.3) is 11.0 Å². The van der Waals surface area contributed by atoms with Crippen molar-refractivity contribution < 1.29 is 9.84 Å². The monoisotopic (exact) mass is 261 g/mol. The summed E-state index contributed by atoms with van der Waals surface area (Å²) in [5, 5.41) is 9.89. The predicted octanol–water partition coefficient (Wildman–Crippen LogP) is 1.85. The van der Waals surface area contributed by atoms with Gasteiger partial charge >= 0.3 is 0 Å². The highest BCUT2D eigenvalue weighted by atomic mass is 16.5. The number of benzene rings is 1. The molecule has 2 unspecified atom stereocenters. The van der Waals surface area contributed by atoms with Gasteiger partial charge in [0.15, 0.2) is 0 Å². The first-order valence-corrected chi connectivity index (χ1v) is 6.70. The van der Waals surface area contributed by atoms with E-state index < -0.39 is 6.10 Å². The molecular formula is C14H19N3O2. The first kappa shape index (κ1) is 12.4. The highest BCUT2D eigenvalue weighted by Crippen LogP contribution is 2.25. The molecule has 0 radical (unpaired) electrons. The van der Waals surface area contributed by atoms with Gasteiger partial charge in [-0.25, -0.2) is 4.98 Å². The minimum Gasteiger partial charge on any atom is -0.399 e. The zero-order valence-corrected chi connectivity index (χ0v) is 11.0. The Bertz CT molecular complexity index is 586. The number of aliphatic hydroxyl groups is 1. The molecule has 19 heavy (non-hydrogen) atoms. The van der Waals surface area contributed by atoms with Crippen molar-refractivity contribution in [1.29, 1.82) is 0 Å². The first-order chi connectivity index (χ1) is 9.15. The molecule has 0 aliphatic carbocycles. The van der Waals surface area contributed by atoms with Crippen LogP contribution in [0.2, 0.25) is 0 Å². The number of nitrogen functional groups attached to an aromatic ring is 1. The van der Waals surface area contributed by atoms with Crippen LogP contribution >= 0.6 is 0 Å². The quantitative estimate of drug-likeness (QED) is 0.827. The van der Waals surface area contributed by atoms with E-state index in [1.165, 1.54) is 0 Å². The Balaban J connectivity index is 2.05. The van der Waals surface area contributed by atoms with E-state index in [4.69, 9.17) is 10.5 Å². The summed E-state index contributed by atoms with van der Waals surface area (Å²) < 4.78 is 7.73. The maximum absolute atomic E-state index is 9.89. The van der Waals surface area contributed by atoms with E-state index in [0.29, 0.717) is 11.5 Å². The minimum atomic E-state index is -0.602. The molecule has 0 amide bonds. The lowest BCUT2D eigenvalue weighted by atomic mass is 10.2. The molecule has 3 rings (SSSR count). The van der Waals surface area contributed by atoms with Gasteiger partial charge in [-0.3, -0.25) is 0 Å². The lowest BCUT2D eigenvalue weighted by Crippen LogP contribution is -2.17. The van der Waals surface area contributed by atoms with E-state index >= 15 is 0 Å². The molecular weight excluding hydrogens is 242 g/mol. The number of ether oxygens (including phenoxy) is 1. The fourth-order valence-electron chi connectivity index (χ4n) is 2.67. The van der Waals surface area contributed by atoms with Gasteiger partial charge in [0.1, 0.15) is 11.9 Å². The third-order valence-electron chi connectivity index (χ3n) is 3.59. The molecule has 1 aromatic carbocycles. The van der Waals surface area contributed by atoms with Gasteiger partial charge in [-0.2, -0.15) is 0 Å². The summed E-state index contributed by atoms with van der Waals surface area (Å²) in [5.41, 5.74) is 8.30. The smallest absolute Gasteiger partial charge is 0.138 e. The largest absolute Gasteiger partial charge is 0.399 e. The van der Waals surface area contributed by atoms with Crippen molar-refractivity contribution >= 4 is 16.7 Å². The molecule has 1 aliphatic heterocycles. The summed E-state index contributed by atoms with van der Waals surface area (Å²) in [6.45, 7) is 3.30. The summed E-state index contributed by atoms with van der Waals surface area (Å²) in [7, 11) is 0. The number of fused-ring (bicyclic) bond motifs is 1. The molecule has 2 atom stereocenters. The summed E-state index contributed by atoms with van der Waals surface area (Å²) >= 11 is 0. The van der Waals surface area contributed by atoms with Gasteiger partial charge in [-0.15, -0.1) is 0 Å². The van der Waals surface area contributed by atoms with Gasteiger partial charge in [0, 0.05) is 12.3 Å². The van der Waals surface area contributed by atoms with Crippen LogP contribution in [0.4, 0.5) is 5.69 Å². The molecule has 1 fully saturated rings. The van der Waals surface area contributed by atoms with E-state index in [1.54, 1.807) is 6.92 Å². The van der Waals surface area contributed by atoms with Crippen LogP contribution in [0.15, 0.2) is 18.2 Å². The number of hydrogen-bond donors (Lipinski definition) is 2. The Morgan fingerprint density at radius 2 is 2.42 bits per heavy atom. The Labute approximate surface area is 112 Å². The molecule has 3 N–H and O–H groups in total. The standard InChI is InChI=1S/C14H19N3O2/c1-9(18)14-16-12-7-10(15)4-5-13(12)17(14)8-11-3-2-6-19-11/h4-5,7,9,11,18H,2-3,6,8,15H2,1H3. The molecule has 0 saturated carbocycles. The molecule has 0 spiro atoms. The van der Waals surface area contributed by atoms with Gasteiger partial charge in [-0.05, 0) is 38.0 Å². The Kier molecular flexibility index (Phi) is 3.16. The van der Waals surface area contributed by atoms with Gasteiger partial charge in [0.25, 0.3) is 0 Å². The van der Waals surface area contributed by atoms with Gasteiger partial charge < -0.3 is 20.1 Å². The fourth-order valence-corrected chi connectivity index (χ4v) is 2.67. The van der Waals surface area contributed by atoms with E-state index in [2.05, 4.69) is 9.55 Å². The summed E-state index contributed by atoms with van der Waals surface area (Å²) in [5.74, 6) is 0.677. The lowest BCUT2D eigenvalue weighted by Gasteiger charge is -2.15. The van der Waals surface area contributed by atoms with Crippen molar-refractivity contribution in [3.63, 3.8) is 0 Å². The third kappa shape index (κ3) is 2.31. The molecule has 2 aromatic rings. The Morgan fingerprint density at radius 3 is 3.11 bits per heavy atom. The number of hydrogen-bond acceptors (Lipinski definition) is 4. The van der Waals surface area contributed by atoms with Crippen LogP contribution in [0.3, 0.4) is 0 Å². The van der Waals surface area contributed by atoms with E-state index in [-0.39, 0.29) is 6.10 Å². The maximum atomic E-state index is 9.89. The third-order valence-corrected chi connectivity index (χ3v) is 3.59. The topological polar surface area (TPSA) is 73.3 Å². The van der Waals surface area contributed by atoms with Crippen molar-refractivity contribution in [3.05, 3.63) is 24.0 Å². The van der Waals surface area contributed by atoms with Crippen LogP contribution in [0.1, 0.15) is 31.7 Å². The summed E-state index contributed by atoms with van der Waals surface area (Å²) in [6, 6.07) is 5.66. The number of imidazole rings is 1. The molecule has 5 nitrogen and oxygen atoms in total. The SMILES string of the molecule is CC(O)c1nc2cc(N)ccc2n1CC1CCCO1. The van der Waals surface area contributed by atoms with Crippen molar-refractivity contribution in [2.45, 2.75) is 38.5 Å². The number of nitrogens with two attached hydrogens (primary N) is 1. The van der Waals surface area contributed by atoms with Gasteiger partial charge in [0.2, 0.25) is 0 Å². The molecule has 1 aliphatic rings. The Hall–Kier alpha value is -1.59. The minimum absolute atomic E-state index is 0.215. The number of aliphatic hydroxyl groups excluding tert-OH is 1. The Morgan fingerprint density at radius 1 is 1.58 bits per heavy atom. The molecule has 5 heteroatoms. The highest BCUT2D eigenvalue weighted by Gasteiger charge is 2.21. The zero-order chi connectivity index (χ0) is 13.4. The van der Waals surface area contributed by atoms with E-state index in [9.17, 15) is 5.11 Å². The molecule has 1 saturated heterocycles.